The van der Waals surface area contributed by atoms with Gasteiger partial charge < -0.3 is 9.73 Å². The molecular weight excluding hydrogens is 282 g/mol. The van der Waals surface area contributed by atoms with E-state index in [0.29, 0.717) is 23.9 Å². The van der Waals surface area contributed by atoms with Crippen molar-refractivity contribution in [2.24, 2.45) is 0 Å². The van der Waals surface area contributed by atoms with Crippen LogP contribution < -0.4 is 10.7 Å². The van der Waals surface area contributed by atoms with Crippen LogP contribution in [0.3, 0.4) is 0 Å². The van der Waals surface area contributed by atoms with E-state index < -0.39 is 5.91 Å². The first-order valence-electron chi connectivity index (χ1n) is 6.79. The van der Waals surface area contributed by atoms with E-state index in [4.69, 9.17) is 4.42 Å². The molecule has 3 rings (SSSR count). The van der Waals surface area contributed by atoms with Crippen LogP contribution in [0.2, 0.25) is 0 Å². The van der Waals surface area contributed by atoms with E-state index in [1.165, 1.54) is 12.4 Å². The van der Waals surface area contributed by atoms with Crippen LogP contribution in [0, 0.1) is 0 Å². The van der Waals surface area contributed by atoms with Crippen LogP contribution in [0.1, 0.15) is 16.1 Å². The van der Waals surface area contributed by atoms with E-state index in [2.05, 4.69) is 15.3 Å². The van der Waals surface area contributed by atoms with Gasteiger partial charge in [-0.2, -0.15) is 0 Å². The molecule has 0 saturated heterocycles. The fourth-order valence-electron chi connectivity index (χ4n) is 2.08. The van der Waals surface area contributed by atoms with Crippen molar-refractivity contribution in [3.8, 4) is 0 Å². The quantitative estimate of drug-likeness (QED) is 0.789. The second-order valence-corrected chi connectivity index (χ2v) is 4.72. The lowest BCUT2D eigenvalue weighted by atomic mass is 10.2. The molecule has 0 radical (unpaired) electrons. The number of aromatic nitrogens is 2. The monoisotopic (exact) mass is 295 g/mol. The Morgan fingerprint density at radius 2 is 1.95 bits per heavy atom. The maximum Gasteiger partial charge on any atom is 0.287 e. The van der Waals surface area contributed by atoms with Gasteiger partial charge in [-0.15, -0.1) is 0 Å². The standard InChI is InChI=1S/C16H13N3O3/c20-13-7-15(22-14-4-2-1-3-12(13)14)16(21)19-6-5-11-8-17-10-18-9-11/h1-4,7-10H,5-6H2,(H,19,21). The van der Waals surface area contributed by atoms with Crippen molar-refractivity contribution in [3.05, 3.63) is 70.6 Å². The molecule has 1 amide bonds. The molecule has 0 aliphatic carbocycles. The lowest BCUT2D eigenvalue weighted by Crippen LogP contribution is -2.26. The van der Waals surface area contributed by atoms with Crippen LogP contribution in [-0.2, 0) is 6.42 Å². The average molecular weight is 295 g/mol. The molecule has 0 unspecified atom stereocenters. The number of para-hydroxylation sites is 1. The molecule has 0 saturated carbocycles. The van der Waals surface area contributed by atoms with Crippen molar-refractivity contribution in [1.29, 1.82) is 0 Å². The number of hydrogen-bond donors (Lipinski definition) is 1. The maximum absolute atomic E-state index is 12.1. The smallest absolute Gasteiger partial charge is 0.287 e. The minimum absolute atomic E-state index is 0.00742. The highest BCUT2D eigenvalue weighted by Gasteiger charge is 2.11. The molecule has 2 aromatic heterocycles. The summed E-state index contributed by atoms with van der Waals surface area (Å²) >= 11 is 0. The topological polar surface area (TPSA) is 85.1 Å². The molecule has 0 aliphatic rings. The van der Waals surface area contributed by atoms with Gasteiger partial charge in [-0.3, -0.25) is 9.59 Å². The van der Waals surface area contributed by atoms with Gasteiger partial charge in [0.05, 0.1) is 5.39 Å². The minimum atomic E-state index is -0.417. The molecule has 6 heteroatoms. The van der Waals surface area contributed by atoms with Crippen molar-refractivity contribution in [2.75, 3.05) is 6.54 Å². The predicted octanol–water partition coefficient (Wildman–Crippen LogP) is 1.56. The molecule has 2 heterocycles. The van der Waals surface area contributed by atoms with Gasteiger partial charge in [-0.05, 0) is 24.1 Å². The van der Waals surface area contributed by atoms with Gasteiger partial charge in [0, 0.05) is 25.0 Å². The number of nitrogens with one attached hydrogen (secondary N) is 1. The molecular formula is C16H13N3O3. The van der Waals surface area contributed by atoms with E-state index >= 15 is 0 Å². The Balaban J connectivity index is 1.71. The lowest BCUT2D eigenvalue weighted by Gasteiger charge is -2.05. The second-order valence-electron chi connectivity index (χ2n) is 4.72. The molecule has 6 nitrogen and oxygen atoms in total. The zero-order valence-electron chi connectivity index (χ0n) is 11.7. The molecule has 0 spiro atoms. The summed E-state index contributed by atoms with van der Waals surface area (Å²) in [6.07, 6.45) is 5.43. The number of nitrogens with zero attached hydrogens (tertiary/aromatic N) is 2. The Morgan fingerprint density at radius 1 is 1.18 bits per heavy atom. The molecule has 0 fully saturated rings. The van der Waals surface area contributed by atoms with E-state index in [9.17, 15) is 9.59 Å². The van der Waals surface area contributed by atoms with Crippen LogP contribution in [0.4, 0.5) is 0 Å². The summed E-state index contributed by atoms with van der Waals surface area (Å²) in [5.41, 5.74) is 1.09. The van der Waals surface area contributed by atoms with E-state index in [0.717, 1.165) is 5.56 Å². The third kappa shape index (κ3) is 3.01. The van der Waals surface area contributed by atoms with Crippen LogP contribution in [0.25, 0.3) is 11.0 Å². The predicted molar refractivity (Wildman–Crippen MR) is 80.6 cm³/mol. The number of carbonyl (C=O) groups excluding carboxylic acids is 1. The summed E-state index contributed by atoms with van der Waals surface area (Å²) in [7, 11) is 0. The Kier molecular flexibility index (Phi) is 3.91. The fraction of sp³-hybridized carbons (Fsp3) is 0.125. The van der Waals surface area contributed by atoms with Crippen LogP contribution in [-0.4, -0.2) is 22.4 Å². The van der Waals surface area contributed by atoms with Crippen molar-refractivity contribution in [3.63, 3.8) is 0 Å². The van der Waals surface area contributed by atoms with E-state index in [1.54, 1.807) is 36.7 Å². The lowest BCUT2D eigenvalue weighted by molar-refractivity contribution is 0.0927. The molecule has 0 aliphatic heterocycles. The van der Waals surface area contributed by atoms with Crippen LogP contribution >= 0.6 is 0 Å². The SMILES string of the molecule is O=C(NCCc1cncnc1)c1cc(=O)c2ccccc2o1. The first-order valence-corrected chi connectivity index (χ1v) is 6.79. The van der Waals surface area contributed by atoms with E-state index in [-0.39, 0.29) is 11.2 Å². The summed E-state index contributed by atoms with van der Waals surface area (Å²) in [6.45, 7) is 0.405. The zero-order chi connectivity index (χ0) is 15.4. The van der Waals surface area contributed by atoms with E-state index in [1.807, 2.05) is 0 Å². The van der Waals surface area contributed by atoms with Crippen molar-refractivity contribution in [2.45, 2.75) is 6.42 Å². The number of amides is 1. The number of hydrogen-bond acceptors (Lipinski definition) is 5. The highest BCUT2D eigenvalue weighted by atomic mass is 16.3. The fourth-order valence-corrected chi connectivity index (χ4v) is 2.08. The van der Waals surface area contributed by atoms with Gasteiger partial charge in [0.1, 0.15) is 11.9 Å². The van der Waals surface area contributed by atoms with Gasteiger partial charge >= 0.3 is 0 Å². The average Bonchev–Trinajstić information content (AvgIpc) is 2.56. The number of fused-ring (bicyclic) bond motifs is 1. The first-order chi connectivity index (χ1) is 10.7. The summed E-state index contributed by atoms with van der Waals surface area (Å²) in [5, 5.41) is 3.17. The molecule has 22 heavy (non-hydrogen) atoms. The highest BCUT2D eigenvalue weighted by Crippen LogP contribution is 2.11. The Hall–Kier alpha value is -3.02. The van der Waals surface area contributed by atoms with Gasteiger partial charge in [0.2, 0.25) is 0 Å². The zero-order valence-corrected chi connectivity index (χ0v) is 11.7. The summed E-state index contributed by atoms with van der Waals surface area (Å²) in [4.78, 5) is 31.8. The third-order valence-corrected chi connectivity index (χ3v) is 3.17. The van der Waals surface area contributed by atoms with Gasteiger partial charge in [-0.25, -0.2) is 9.97 Å². The van der Waals surface area contributed by atoms with Crippen molar-refractivity contribution in [1.82, 2.24) is 15.3 Å². The summed E-state index contributed by atoms with van der Waals surface area (Å²) in [6, 6.07) is 8.04. The van der Waals surface area contributed by atoms with Gasteiger partial charge in [0.25, 0.3) is 5.91 Å². The summed E-state index contributed by atoms with van der Waals surface area (Å²) < 4.78 is 5.47. The highest BCUT2D eigenvalue weighted by molar-refractivity contribution is 5.93. The summed E-state index contributed by atoms with van der Waals surface area (Å²) in [5.74, 6) is -0.410. The number of carbonyl (C=O) groups is 1. The molecule has 110 valence electrons. The Morgan fingerprint density at radius 3 is 2.77 bits per heavy atom. The molecule has 3 aromatic rings. The third-order valence-electron chi connectivity index (χ3n) is 3.17. The second kappa shape index (κ2) is 6.17. The molecule has 0 bridgehead atoms. The molecule has 1 aromatic carbocycles. The Labute approximate surface area is 125 Å². The normalized spacial score (nSPS) is 10.5. The van der Waals surface area contributed by atoms with Crippen LogP contribution in [0.15, 0.2) is 58.3 Å². The Bertz CT molecular complexity index is 859. The number of rotatable bonds is 4. The van der Waals surface area contributed by atoms with Crippen LogP contribution in [0.5, 0.6) is 0 Å². The van der Waals surface area contributed by atoms with Crippen molar-refractivity contribution >= 4 is 16.9 Å². The maximum atomic E-state index is 12.1. The van der Waals surface area contributed by atoms with Crippen molar-refractivity contribution < 1.29 is 9.21 Å². The number of benzene rings is 1. The van der Waals surface area contributed by atoms with Gasteiger partial charge in [-0.1, -0.05) is 12.1 Å². The minimum Gasteiger partial charge on any atom is -0.451 e. The molecule has 0 atom stereocenters. The van der Waals surface area contributed by atoms with Gasteiger partial charge in [0.15, 0.2) is 11.2 Å². The first kappa shape index (κ1) is 13.9. The molecule has 1 N–H and O–H groups in total. The largest absolute Gasteiger partial charge is 0.451 e.